The number of methoxy groups -OCH3 is 2. The van der Waals surface area contributed by atoms with Crippen LogP contribution in [0.25, 0.3) is 0 Å². The minimum Gasteiger partial charge on any atom is -0.467 e. The van der Waals surface area contributed by atoms with Crippen LogP contribution in [0.1, 0.15) is 25.8 Å². The lowest BCUT2D eigenvalue weighted by Crippen LogP contribution is -2.81. The van der Waals surface area contributed by atoms with Crippen LogP contribution in [0, 0.1) is 0 Å². The fraction of sp³-hybridized carbons (Fsp3) is 0.500. The first kappa shape index (κ1) is 15.0. The molecule has 0 saturated carbocycles. The van der Waals surface area contributed by atoms with E-state index in [0.29, 0.717) is 17.9 Å². The number of esters is 1. The summed E-state index contributed by atoms with van der Waals surface area (Å²) in [6.45, 7) is 3.63. The van der Waals surface area contributed by atoms with Gasteiger partial charge in [0.15, 0.2) is 5.90 Å². The summed E-state index contributed by atoms with van der Waals surface area (Å²) >= 11 is 0. The van der Waals surface area contributed by atoms with Crippen LogP contribution in [0.5, 0.6) is 0 Å². The van der Waals surface area contributed by atoms with Gasteiger partial charge in [-0.05, 0) is 12.0 Å². The summed E-state index contributed by atoms with van der Waals surface area (Å²) in [6.07, 6.45) is 0.488. The first-order valence-corrected chi connectivity index (χ1v) is 7.16. The maximum atomic E-state index is 12.7. The van der Waals surface area contributed by atoms with Gasteiger partial charge in [-0.15, -0.1) is 0 Å². The smallest absolute Gasteiger partial charge is 0.360 e. The van der Waals surface area contributed by atoms with E-state index in [1.54, 1.807) is 6.92 Å². The maximum absolute atomic E-state index is 12.7. The molecule has 0 bridgehead atoms. The van der Waals surface area contributed by atoms with Gasteiger partial charge in [-0.3, -0.25) is 4.74 Å². The van der Waals surface area contributed by atoms with Gasteiger partial charge in [0.25, 0.3) is 0 Å². The van der Waals surface area contributed by atoms with Crippen molar-refractivity contribution >= 4 is 11.9 Å². The van der Waals surface area contributed by atoms with Crippen LogP contribution in [-0.4, -0.2) is 37.6 Å². The van der Waals surface area contributed by atoms with Crippen molar-refractivity contribution in [2.75, 3.05) is 14.2 Å². The van der Waals surface area contributed by atoms with Gasteiger partial charge in [0.05, 0.1) is 7.11 Å². The second-order valence-electron chi connectivity index (χ2n) is 5.35. The normalized spacial score (nSPS) is 35.9. The van der Waals surface area contributed by atoms with E-state index in [4.69, 9.17) is 18.9 Å². The highest BCUT2D eigenvalue weighted by atomic mass is 16.9. The average molecular weight is 305 g/mol. The molecule has 1 fully saturated rings. The zero-order valence-corrected chi connectivity index (χ0v) is 13.1. The van der Waals surface area contributed by atoms with Gasteiger partial charge in [0.2, 0.25) is 11.1 Å². The molecule has 1 aromatic carbocycles. The summed E-state index contributed by atoms with van der Waals surface area (Å²) in [7, 11) is 2.81. The number of nitrogens with zero attached hydrogens (tertiary/aromatic N) is 1. The van der Waals surface area contributed by atoms with Crippen molar-refractivity contribution in [2.24, 2.45) is 4.99 Å². The van der Waals surface area contributed by atoms with Crippen LogP contribution in [0.4, 0.5) is 0 Å². The molecule has 1 saturated heterocycles. The van der Waals surface area contributed by atoms with E-state index in [1.807, 2.05) is 37.3 Å². The van der Waals surface area contributed by atoms with E-state index in [1.165, 1.54) is 14.2 Å². The Morgan fingerprint density at radius 2 is 1.95 bits per heavy atom. The molecule has 0 aromatic heterocycles. The predicted molar refractivity (Wildman–Crippen MR) is 78.2 cm³/mol. The number of hydrogen-bond donors (Lipinski definition) is 0. The molecule has 1 aromatic rings. The van der Waals surface area contributed by atoms with E-state index >= 15 is 0 Å². The summed E-state index contributed by atoms with van der Waals surface area (Å²) < 4.78 is 22.1. The molecule has 2 aliphatic rings. The number of aliphatic imine (C=N–C) groups is 1. The number of benzene rings is 1. The Morgan fingerprint density at radius 3 is 2.50 bits per heavy atom. The first-order valence-electron chi connectivity index (χ1n) is 7.16. The van der Waals surface area contributed by atoms with Crippen molar-refractivity contribution in [1.82, 2.24) is 0 Å². The number of carbonyl (C=O) groups is 1. The van der Waals surface area contributed by atoms with Crippen molar-refractivity contribution in [3.63, 3.8) is 0 Å². The van der Waals surface area contributed by atoms with Gasteiger partial charge in [-0.1, -0.05) is 37.3 Å². The van der Waals surface area contributed by atoms with Crippen LogP contribution >= 0.6 is 0 Å². The zero-order valence-electron chi connectivity index (χ0n) is 13.1. The number of fused-ring (bicyclic) bond motifs is 1. The monoisotopic (exact) mass is 305 g/mol. The van der Waals surface area contributed by atoms with E-state index in [0.717, 1.165) is 0 Å². The van der Waals surface area contributed by atoms with Gasteiger partial charge >= 0.3 is 11.9 Å². The van der Waals surface area contributed by atoms with Gasteiger partial charge in [-0.2, -0.15) is 0 Å². The Balaban J connectivity index is 2.23. The third kappa shape index (κ3) is 1.46. The minimum atomic E-state index is -1.39. The highest BCUT2D eigenvalue weighted by Crippen LogP contribution is 2.64. The van der Waals surface area contributed by atoms with E-state index in [2.05, 4.69) is 4.99 Å². The van der Waals surface area contributed by atoms with Gasteiger partial charge < -0.3 is 14.2 Å². The molecule has 0 radical (unpaired) electrons. The molecule has 0 spiro atoms. The summed E-state index contributed by atoms with van der Waals surface area (Å²) in [5.74, 6) is -1.49. The molecule has 22 heavy (non-hydrogen) atoms. The Bertz CT molecular complexity index is 631. The average Bonchev–Trinajstić information content (AvgIpc) is 2.78. The molecule has 118 valence electrons. The third-order valence-corrected chi connectivity index (χ3v) is 4.44. The van der Waals surface area contributed by atoms with Gasteiger partial charge in [0, 0.05) is 14.0 Å². The van der Waals surface area contributed by atoms with Crippen molar-refractivity contribution in [3.8, 4) is 0 Å². The topological polar surface area (TPSA) is 66.3 Å². The van der Waals surface area contributed by atoms with Crippen molar-refractivity contribution in [2.45, 2.75) is 37.4 Å². The van der Waals surface area contributed by atoms with E-state index in [-0.39, 0.29) is 0 Å². The second kappa shape index (κ2) is 4.79. The van der Waals surface area contributed by atoms with Gasteiger partial charge in [-0.25, -0.2) is 9.79 Å². The molecule has 0 aliphatic carbocycles. The van der Waals surface area contributed by atoms with Gasteiger partial charge in [0.1, 0.15) is 0 Å². The minimum absolute atomic E-state index is 0.422. The molecule has 2 aliphatic heterocycles. The number of carbonyl (C=O) groups excluding carboxylic acids is 1. The lowest BCUT2D eigenvalue weighted by atomic mass is 9.66. The highest BCUT2D eigenvalue weighted by Gasteiger charge is 2.86. The predicted octanol–water partition coefficient (Wildman–Crippen LogP) is 1.98. The highest BCUT2D eigenvalue weighted by molar-refractivity contribution is 5.88. The molecule has 6 nitrogen and oxygen atoms in total. The summed E-state index contributed by atoms with van der Waals surface area (Å²) in [6, 6.07) is 9.18. The van der Waals surface area contributed by atoms with E-state index in [9.17, 15) is 4.79 Å². The Labute approximate surface area is 129 Å². The summed E-state index contributed by atoms with van der Waals surface area (Å²) in [5.41, 5.74) is -1.74. The third-order valence-electron chi connectivity index (χ3n) is 4.44. The molecule has 2 heterocycles. The van der Waals surface area contributed by atoms with Crippen LogP contribution in [0.3, 0.4) is 0 Å². The number of hydrogen-bond acceptors (Lipinski definition) is 6. The molecule has 0 N–H and O–H groups in total. The van der Waals surface area contributed by atoms with Crippen LogP contribution in [0.2, 0.25) is 0 Å². The van der Waals surface area contributed by atoms with Crippen LogP contribution < -0.4 is 0 Å². The van der Waals surface area contributed by atoms with E-state index < -0.39 is 23.1 Å². The number of rotatable bonds is 4. The van der Waals surface area contributed by atoms with Crippen molar-refractivity contribution in [3.05, 3.63) is 35.9 Å². The standard InChI is InChI=1S/C16H19NO5/c1-5-14-15(13(18)19-3,12-9-7-6-8-10-12)22-16(14,20-4)21-11(2)17-14/h6-10H,5H2,1-4H3/t14-,15-,16-/m0/s1. The fourth-order valence-corrected chi connectivity index (χ4v) is 3.52. The molecule has 6 heteroatoms. The molecule has 3 rings (SSSR count). The fourth-order valence-electron chi connectivity index (χ4n) is 3.52. The van der Waals surface area contributed by atoms with Crippen molar-refractivity contribution in [1.29, 1.82) is 0 Å². The zero-order chi connectivity index (χ0) is 16.0. The van der Waals surface area contributed by atoms with Crippen LogP contribution in [-0.2, 0) is 29.3 Å². The quantitative estimate of drug-likeness (QED) is 0.796. The Morgan fingerprint density at radius 1 is 1.27 bits per heavy atom. The first-order chi connectivity index (χ1) is 10.5. The Kier molecular flexibility index (Phi) is 3.27. The lowest BCUT2D eigenvalue weighted by Gasteiger charge is -2.60. The number of ether oxygens (including phenoxy) is 4. The molecule has 3 atom stereocenters. The molecule has 0 unspecified atom stereocenters. The van der Waals surface area contributed by atoms with Crippen LogP contribution in [0.15, 0.2) is 35.3 Å². The van der Waals surface area contributed by atoms with Crippen molar-refractivity contribution < 1.29 is 23.7 Å². The molecular weight excluding hydrogens is 286 g/mol. The maximum Gasteiger partial charge on any atom is 0.360 e. The Hall–Kier alpha value is -1.92. The largest absolute Gasteiger partial charge is 0.467 e. The second-order valence-corrected chi connectivity index (χ2v) is 5.35. The molecule has 0 amide bonds. The summed E-state index contributed by atoms with van der Waals surface area (Å²) in [5, 5.41) is 0. The lowest BCUT2D eigenvalue weighted by molar-refractivity contribution is -0.491. The molecular formula is C16H19NO5. The summed E-state index contributed by atoms with van der Waals surface area (Å²) in [4.78, 5) is 17.3. The SMILES string of the molecule is CC[C@@]12N=C(C)O[C@]1(OC)O[C@]2(C(=O)OC)c1ccccc1.